The third-order valence-corrected chi connectivity index (χ3v) is 3.76. The largest absolute Gasteiger partial charge is 0.383 e. The first-order chi connectivity index (χ1) is 10.3. The number of nitrogens with zero attached hydrogens (tertiary/aromatic N) is 2. The van der Waals surface area contributed by atoms with E-state index in [4.69, 9.17) is 0 Å². The molecule has 0 bridgehead atoms. The van der Waals surface area contributed by atoms with Gasteiger partial charge in [-0.2, -0.15) is 0 Å². The Labute approximate surface area is 128 Å². The first-order valence-corrected chi connectivity index (χ1v) is 8.09. The van der Waals surface area contributed by atoms with Gasteiger partial charge >= 0.3 is 0 Å². The second-order valence-electron chi connectivity index (χ2n) is 5.83. The molecule has 1 atom stereocenters. The summed E-state index contributed by atoms with van der Waals surface area (Å²) in [6, 6.07) is 9.21. The Kier molecular flexibility index (Phi) is 6.32. The topological polar surface area (TPSA) is 29.9 Å². The molecule has 0 spiro atoms. The van der Waals surface area contributed by atoms with E-state index in [2.05, 4.69) is 53.0 Å². The summed E-state index contributed by atoms with van der Waals surface area (Å²) in [5.41, 5.74) is 2.52. The lowest BCUT2D eigenvalue weighted by atomic mass is 10.1. The van der Waals surface area contributed by atoms with E-state index in [9.17, 15) is 0 Å². The average Bonchev–Trinajstić information content (AvgIpc) is 2.97. The Balaban J connectivity index is 1.82. The molecule has 0 fully saturated rings. The molecule has 0 aliphatic rings. The molecule has 2 rings (SSSR count). The molecule has 1 unspecified atom stereocenters. The summed E-state index contributed by atoms with van der Waals surface area (Å²) < 4.78 is 2.09. The van der Waals surface area contributed by atoms with Crippen molar-refractivity contribution in [2.24, 2.45) is 0 Å². The van der Waals surface area contributed by atoms with Crippen LogP contribution in [0, 0.1) is 0 Å². The van der Waals surface area contributed by atoms with Crippen molar-refractivity contribution in [1.82, 2.24) is 9.55 Å². The molecule has 0 saturated heterocycles. The maximum absolute atomic E-state index is 4.09. The van der Waals surface area contributed by atoms with Crippen molar-refractivity contribution in [2.75, 3.05) is 5.32 Å². The summed E-state index contributed by atoms with van der Waals surface area (Å²) in [6.07, 6.45) is 12.2. The van der Waals surface area contributed by atoms with Gasteiger partial charge in [0.1, 0.15) is 0 Å². The highest BCUT2D eigenvalue weighted by Gasteiger charge is 2.03. The predicted molar refractivity (Wildman–Crippen MR) is 89.6 cm³/mol. The molecule has 3 heteroatoms. The minimum Gasteiger partial charge on any atom is -0.383 e. The van der Waals surface area contributed by atoms with Crippen molar-refractivity contribution in [3.05, 3.63) is 48.5 Å². The summed E-state index contributed by atoms with van der Waals surface area (Å²) in [5.74, 6) is 0. The van der Waals surface area contributed by atoms with E-state index in [1.54, 1.807) is 0 Å². The molecule has 3 nitrogen and oxygen atoms in total. The highest BCUT2D eigenvalue weighted by atomic mass is 15.0. The lowest BCUT2D eigenvalue weighted by Gasteiger charge is -2.16. The normalized spacial score (nSPS) is 12.3. The van der Waals surface area contributed by atoms with E-state index in [-0.39, 0.29) is 0 Å². The fourth-order valence-corrected chi connectivity index (χ4v) is 2.58. The van der Waals surface area contributed by atoms with E-state index in [0.717, 1.165) is 6.54 Å². The predicted octanol–water partition coefficient (Wildman–Crippen LogP) is 4.70. The molecule has 0 radical (unpaired) electrons. The highest BCUT2D eigenvalue weighted by Crippen LogP contribution is 2.15. The van der Waals surface area contributed by atoms with Crippen LogP contribution in [-0.2, 0) is 6.54 Å². The molecule has 0 aliphatic heterocycles. The maximum atomic E-state index is 4.09. The Morgan fingerprint density at radius 3 is 2.90 bits per heavy atom. The number of nitrogens with one attached hydrogen (secondary N) is 1. The highest BCUT2D eigenvalue weighted by molar-refractivity contribution is 5.46. The van der Waals surface area contributed by atoms with Crippen LogP contribution in [0.4, 0.5) is 5.69 Å². The summed E-state index contributed by atoms with van der Waals surface area (Å²) >= 11 is 0. The second kappa shape index (κ2) is 8.50. The third kappa shape index (κ3) is 5.62. The fraction of sp³-hybridized carbons (Fsp3) is 0.500. The second-order valence-corrected chi connectivity index (χ2v) is 5.83. The van der Waals surface area contributed by atoms with E-state index < -0.39 is 0 Å². The maximum Gasteiger partial charge on any atom is 0.0949 e. The smallest absolute Gasteiger partial charge is 0.0949 e. The zero-order chi connectivity index (χ0) is 14.9. The summed E-state index contributed by atoms with van der Waals surface area (Å²) in [6.45, 7) is 5.41. The molecule has 2 aromatic rings. The average molecular weight is 285 g/mol. The number of rotatable bonds is 9. The molecule has 1 aromatic heterocycles. The molecule has 0 amide bonds. The Hall–Kier alpha value is -1.77. The quantitative estimate of drug-likeness (QED) is 0.677. The molecule has 1 N–H and O–H groups in total. The fourth-order valence-electron chi connectivity index (χ4n) is 2.58. The lowest BCUT2D eigenvalue weighted by molar-refractivity contribution is 0.594. The number of anilines is 1. The van der Waals surface area contributed by atoms with Crippen LogP contribution in [0.1, 0.15) is 51.5 Å². The minimum absolute atomic E-state index is 0.533. The third-order valence-electron chi connectivity index (χ3n) is 3.76. The zero-order valence-electron chi connectivity index (χ0n) is 13.3. The first-order valence-electron chi connectivity index (χ1n) is 8.09. The van der Waals surface area contributed by atoms with Crippen LogP contribution in [0.3, 0.4) is 0 Å². The molecule has 1 aromatic carbocycles. The number of aromatic nitrogens is 2. The van der Waals surface area contributed by atoms with Crippen molar-refractivity contribution in [3.63, 3.8) is 0 Å². The van der Waals surface area contributed by atoms with Gasteiger partial charge in [0.15, 0.2) is 0 Å². The van der Waals surface area contributed by atoms with Crippen LogP contribution in [0.5, 0.6) is 0 Å². The van der Waals surface area contributed by atoms with Crippen LogP contribution in [0.15, 0.2) is 43.0 Å². The SMILES string of the molecule is CCCCCCC(C)Nc1cccc(Cn2ccnc2)c1. The first kappa shape index (κ1) is 15.6. The van der Waals surface area contributed by atoms with Gasteiger partial charge in [0, 0.05) is 30.7 Å². The van der Waals surface area contributed by atoms with Crippen LogP contribution in [-0.4, -0.2) is 15.6 Å². The van der Waals surface area contributed by atoms with Gasteiger partial charge in [0.2, 0.25) is 0 Å². The number of unbranched alkanes of at least 4 members (excludes halogenated alkanes) is 3. The Morgan fingerprint density at radius 1 is 1.24 bits per heavy atom. The summed E-state index contributed by atoms with van der Waals surface area (Å²) in [7, 11) is 0. The lowest BCUT2D eigenvalue weighted by Crippen LogP contribution is -2.15. The van der Waals surface area contributed by atoms with Crippen LogP contribution >= 0.6 is 0 Å². The zero-order valence-corrected chi connectivity index (χ0v) is 13.3. The van der Waals surface area contributed by atoms with Gasteiger partial charge in [0.25, 0.3) is 0 Å². The summed E-state index contributed by atoms with van der Waals surface area (Å²) in [4.78, 5) is 4.09. The van der Waals surface area contributed by atoms with E-state index in [1.807, 2.05) is 18.7 Å². The van der Waals surface area contributed by atoms with Crippen molar-refractivity contribution >= 4 is 5.69 Å². The number of hydrogen-bond donors (Lipinski definition) is 1. The summed E-state index contributed by atoms with van der Waals surface area (Å²) in [5, 5.41) is 3.61. The van der Waals surface area contributed by atoms with Gasteiger partial charge in [-0.25, -0.2) is 4.98 Å². The molecule has 1 heterocycles. The standard InChI is InChI=1S/C18H27N3/c1-3-4-5-6-8-16(2)20-18-10-7-9-17(13-18)14-21-12-11-19-15-21/h7,9-13,15-16,20H,3-6,8,14H2,1-2H3. The van der Waals surface area contributed by atoms with Crippen LogP contribution < -0.4 is 5.32 Å². The molecular weight excluding hydrogens is 258 g/mol. The van der Waals surface area contributed by atoms with Crippen molar-refractivity contribution in [2.45, 2.75) is 58.5 Å². The van der Waals surface area contributed by atoms with Crippen molar-refractivity contribution in [3.8, 4) is 0 Å². The van der Waals surface area contributed by atoms with Crippen LogP contribution in [0.25, 0.3) is 0 Å². The van der Waals surface area contributed by atoms with Gasteiger partial charge in [0.05, 0.1) is 6.33 Å². The minimum atomic E-state index is 0.533. The van der Waals surface area contributed by atoms with Gasteiger partial charge in [-0.15, -0.1) is 0 Å². The number of hydrogen-bond acceptors (Lipinski definition) is 2. The Bertz CT molecular complexity index is 505. The van der Waals surface area contributed by atoms with E-state index >= 15 is 0 Å². The van der Waals surface area contributed by atoms with Gasteiger partial charge in [-0.3, -0.25) is 0 Å². The van der Waals surface area contributed by atoms with Crippen LogP contribution in [0.2, 0.25) is 0 Å². The number of benzene rings is 1. The Morgan fingerprint density at radius 2 is 2.14 bits per heavy atom. The van der Waals surface area contributed by atoms with Crippen molar-refractivity contribution < 1.29 is 0 Å². The molecular formula is C18H27N3. The van der Waals surface area contributed by atoms with Gasteiger partial charge < -0.3 is 9.88 Å². The monoisotopic (exact) mass is 285 g/mol. The van der Waals surface area contributed by atoms with Gasteiger partial charge in [-0.05, 0) is 31.0 Å². The number of imidazole rings is 1. The molecule has 0 aliphatic carbocycles. The van der Waals surface area contributed by atoms with Crippen molar-refractivity contribution in [1.29, 1.82) is 0 Å². The van der Waals surface area contributed by atoms with E-state index in [0.29, 0.717) is 6.04 Å². The van der Waals surface area contributed by atoms with E-state index in [1.165, 1.54) is 43.4 Å². The molecule has 114 valence electrons. The molecule has 0 saturated carbocycles. The molecule has 21 heavy (non-hydrogen) atoms. The van der Waals surface area contributed by atoms with Gasteiger partial charge in [-0.1, -0.05) is 44.7 Å².